The van der Waals surface area contributed by atoms with Crippen LogP contribution in [-0.2, 0) is 11.2 Å². The lowest BCUT2D eigenvalue weighted by atomic mass is 10.00. The molecule has 0 aromatic heterocycles. The van der Waals surface area contributed by atoms with E-state index in [-0.39, 0.29) is 40.4 Å². The SMILES string of the molecule is CCNC(=NC[C@H](NC(=O)c1c(Cl)cc(CCC(O)c2cccc(O)c2)cc1Cl)C(=O)O)NCCF. The summed E-state index contributed by atoms with van der Waals surface area (Å²) in [6.45, 7) is 1.32. The van der Waals surface area contributed by atoms with Gasteiger partial charge in [-0.2, -0.15) is 0 Å². The maximum Gasteiger partial charge on any atom is 0.328 e. The first-order valence-electron chi connectivity index (χ1n) is 11.2. The number of nitrogens with zero attached hydrogens (tertiary/aromatic N) is 1. The predicted molar refractivity (Wildman–Crippen MR) is 137 cm³/mol. The number of aliphatic imine (C=N–C) groups is 1. The highest BCUT2D eigenvalue weighted by Crippen LogP contribution is 2.29. The number of alkyl halides is 1. The maximum atomic E-state index is 12.8. The molecule has 2 aromatic carbocycles. The quantitative estimate of drug-likeness (QED) is 0.178. The molecule has 2 rings (SSSR count). The minimum Gasteiger partial charge on any atom is -0.508 e. The number of phenolic OH excluding ortho intramolecular Hbond substituents is 1. The monoisotopic (exact) mass is 542 g/mol. The van der Waals surface area contributed by atoms with E-state index in [1.54, 1.807) is 19.1 Å². The van der Waals surface area contributed by atoms with E-state index in [0.717, 1.165) is 0 Å². The number of aryl methyl sites for hydroxylation is 1. The van der Waals surface area contributed by atoms with Gasteiger partial charge in [0.25, 0.3) is 5.91 Å². The number of hydrogen-bond acceptors (Lipinski definition) is 5. The van der Waals surface area contributed by atoms with Gasteiger partial charge in [-0.1, -0.05) is 35.3 Å². The normalized spacial score (nSPS) is 13.1. The fourth-order valence-electron chi connectivity index (χ4n) is 3.29. The molecule has 0 saturated heterocycles. The Hall–Kier alpha value is -3.08. The predicted octanol–water partition coefficient (Wildman–Crippen LogP) is 3.07. The van der Waals surface area contributed by atoms with Crippen LogP contribution in [0, 0.1) is 0 Å². The van der Waals surface area contributed by atoms with Crippen molar-refractivity contribution in [2.45, 2.75) is 31.9 Å². The number of carboxylic acids is 1. The van der Waals surface area contributed by atoms with Crippen LogP contribution >= 0.6 is 23.2 Å². The Labute approximate surface area is 218 Å². The molecule has 1 unspecified atom stereocenters. The number of aliphatic carboxylic acids is 1. The molecule has 36 heavy (non-hydrogen) atoms. The van der Waals surface area contributed by atoms with Crippen LogP contribution in [0.5, 0.6) is 5.75 Å². The van der Waals surface area contributed by atoms with Gasteiger partial charge in [0, 0.05) is 13.1 Å². The third-order valence-corrected chi connectivity index (χ3v) is 5.65. The second-order valence-corrected chi connectivity index (χ2v) is 8.60. The summed E-state index contributed by atoms with van der Waals surface area (Å²) in [5.41, 5.74) is 1.13. The Morgan fingerprint density at radius 3 is 2.42 bits per heavy atom. The topological polar surface area (TPSA) is 143 Å². The fraction of sp³-hybridized carbons (Fsp3) is 0.375. The largest absolute Gasteiger partial charge is 0.508 e. The van der Waals surface area contributed by atoms with Gasteiger partial charge in [-0.3, -0.25) is 9.79 Å². The van der Waals surface area contributed by atoms with Gasteiger partial charge in [-0.05, 0) is 55.2 Å². The van der Waals surface area contributed by atoms with Gasteiger partial charge >= 0.3 is 5.97 Å². The number of guanidine groups is 1. The summed E-state index contributed by atoms with van der Waals surface area (Å²) >= 11 is 12.6. The maximum absolute atomic E-state index is 12.8. The number of amides is 1. The smallest absolute Gasteiger partial charge is 0.328 e. The van der Waals surface area contributed by atoms with Crippen LogP contribution in [0.1, 0.15) is 40.9 Å². The van der Waals surface area contributed by atoms with Crippen molar-refractivity contribution in [1.82, 2.24) is 16.0 Å². The van der Waals surface area contributed by atoms with Gasteiger partial charge in [-0.15, -0.1) is 0 Å². The molecule has 0 saturated carbocycles. The number of aliphatic hydroxyl groups excluding tert-OH is 1. The minimum atomic E-state index is -1.39. The summed E-state index contributed by atoms with van der Waals surface area (Å²) in [4.78, 5) is 28.5. The van der Waals surface area contributed by atoms with Gasteiger partial charge in [-0.25, -0.2) is 9.18 Å². The summed E-state index contributed by atoms with van der Waals surface area (Å²) in [5.74, 6) is -1.85. The summed E-state index contributed by atoms with van der Waals surface area (Å²) < 4.78 is 12.4. The number of carboxylic acid groups (broad SMARTS) is 1. The van der Waals surface area contributed by atoms with Crippen molar-refractivity contribution in [2.75, 3.05) is 26.3 Å². The molecule has 2 atom stereocenters. The van der Waals surface area contributed by atoms with E-state index in [4.69, 9.17) is 23.2 Å². The summed E-state index contributed by atoms with van der Waals surface area (Å²) in [7, 11) is 0. The molecular weight excluding hydrogens is 514 g/mol. The second-order valence-electron chi connectivity index (χ2n) is 7.78. The van der Waals surface area contributed by atoms with Crippen molar-refractivity contribution in [1.29, 1.82) is 0 Å². The molecule has 6 N–H and O–H groups in total. The van der Waals surface area contributed by atoms with E-state index >= 15 is 0 Å². The Balaban J connectivity index is 2.09. The minimum absolute atomic E-state index is 0.00164. The number of aliphatic hydroxyl groups is 1. The number of carbonyl (C=O) groups is 2. The summed E-state index contributed by atoms with van der Waals surface area (Å²) in [6.07, 6.45) is -0.143. The molecule has 196 valence electrons. The van der Waals surface area contributed by atoms with Crippen molar-refractivity contribution in [3.8, 4) is 5.75 Å². The third kappa shape index (κ3) is 8.85. The van der Waals surface area contributed by atoms with Gasteiger partial charge in [0.2, 0.25) is 0 Å². The van der Waals surface area contributed by atoms with Crippen molar-refractivity contribution < 1.29 is 29.3 Å². The zero-order valence-corrected chi connectivity index (χ0v) is 21.1. The highest BCUT2D eigenvalue weighted by atomic mass is 35.5. The molecule has 0 aliphatic carbocycles. The number of hydrogen-bond donors (Lipinski definition) is 6. The van der Waals surface area contributed by atoms with Crippen LogP contribution in [0.3, 0.4) is 0 Å². The van der Waals surface area contributed by atoms with Crippen LogP contribution in [0.4, 0.5) is 4.39 Å². The van der Waals surface area contributed by atoms with E-state index in [9.17, 15) is 29.3 Å². The number of benzene rings is 2. The van der Waals surface area contributed by atoms with Crippen molar-refractivity contribution in [2.24, 2.45) is 4.99 Å². The highest BCUT2D eigenvalue weighted by Gasteiger charge is 2.24. The second kappa shape index (κ2) is 14.5. The Bertz CT molecular complexity index is 1060. The lowest BCUT2D eigenvalue weighted by molar-refractivity contribution is -0.138. The Morgan fingerprint density at radius 2 is 1.83 bits per heavy atom. The van der Waals surface area contributed by atoms with Crippen LogP contribution in [-0.4, -0.2) is 65.5 Å². The number of nitrogens with one attached hydrogen (secondary N) is 3. The standard InChI is InChI=1S/C24H29Cl2FN4O5/c1-2-28-24(29-9-8-27)30-13-19(23(35)36)31-22(34)21-17(25)10-14(11-18(21)26)6-7-20(33)15-4-3-5-16(32)12-15/h3-5,10-12,19-20,32-33H,2,6-9,13H2,1H3,(H,31,34)(H,35,36)(H2,28,29,30)/t19-,20?/m0/s1. The molecule has 0 fully saturated rings. The molecule has 0 aliphatic rings. The van der Waals surface area contributed by atoms with E-state index in [1.807, 2.05) is 0 Å². The number of halogens is 3. The first kappa shape index (κ1) is 29.2. The molecular formula is C24H29Cl2FN4O5. The first-order valence-corrected chi connectivity index (χ1v) is 12.0. The fourth-order valence-corrected chi connectivity index (χ4v) is 4.00. The van der Waals surface area contributed by atoms with Crippen LogP contribution < -0.4 is 16.0 Å². The molecule has 0 heterocycles. The third-order valence-electron chi connectivity index (χ3n) is 5.06. The van der Waals surface area contributed by atoms with Crippen LogP contribution in [0.2, 0.25) is 10.0 Å². The number of carbonyl (C=O) groups excluding carboxylic acids is 1. The van der Waals surface area contributed by atoms with Crippen molar-refractivity contribution in [3.05, 3.63) is 63.1 Å². The van der Waals surface area contributed by atoms with Gasteiger partial charge in [0.1, 0.15) is 18.5 Å². The first-order chi connectivity index (χ1) is 17.2. The number of phenols is 1. The molecule has 2 aromatic rings. The molecule has 1 amide bonds. The van der Waals surface area contributed by atoms with Crippen LogP contribution in [0.15, 0.2) is 41.4 Å². The lowest BCUT2D eigenvalue weighted by Gasteiger charge is -2.16. The van der Waals surface area contributed by atoms with E-state index in [2.05, 4.69) is 20.9 Å². The zero-order valence-electron chi connectivity index (χ0n) is 19.6. The highest BCUT2D eigenvalue weighted by molar-refractivity contribution is 6.39. The molecule has 0 radical (unpaired) electrons. The Morgan fingerprint density at radius 1 is 1.14 bits per heavy atom. The number of rotatable bonds is 12. The molecule has 9 nitrogen and oxygen atoms in total. The average Bonchev–Trinajstić information content (AvgIpc) is 2.82. The van der Waals surface area contributed by atoms with E-state index in [0.29, 0.717) is 30.5 Å². The Kier molecular flexibility index (Phi) is 11.7. The van der Waals surface area contributed by atoms with Gasteiger partial charge in [0.15, 0.2) is 5.96 Å². The molecule has 0 spiro atoms. The summed E-state index contributed by atoms with van der Waals surface area (Å²) in [5, 5.41) is 37.4. The van der Waals surface area contributed by atoms with E-state index < -0.39 is 30.7 Å². The van der Waals surface area contributed by atoms with E-state index in [1.165, 1.54) is 24.3 Å². The zero-order chi connectivity index (χ0) is 26.7. The van der Waals surface area contributed by atoms with Gasteiger partial charge < -0.3 is 31.3 Å². The molecule has 0 aliphatic heterocycles. The molecule has 12 heteroatoms. The van der Waals surface area contributed by atoms with Crippen molar-refractivity contribution >= 4 is 41.0 Å². The molecule has 0 bridgehead atoms. The van der Waals surface area contributed by atoms with Crippen molar-refractivity contribution in [3.63, 3.8) is 0 Å². The van der Waals surface area contributed by atoms with Crippen LogP contribution in [0.25, 0.3) is 0 Å². The lowest BCUT2D eigenvalue weighted by Crippen LogP contribution is -2.45. The summed E-state index contributed by atoms with van der Waals surface area (Å²) in [6, 6.07) is 7.96. The average molecular weight is 543 g/mol. The number of aromatic hydroxyl groups is 1. The van der Waals surface area contributed by atoms with Gasteiger partial charge in [0.05, 0.1) is 28.3 Å².